The molecule has 3 N–H and O–H groups in total. The number of aromatic nitrogens is 2. The molecule has 19 heavy (non-hydrogen) atoms. The fourth-order valence-electron chi connectivity index (χ4n) is 1.89. The fraction of sp³-hybridized carbons (Fsp3) is 0.250. The molecule has 0 aliphatic carbocycles. The monoisotopic (exact) mass is 281 g/mol. The molecule has 0 radical (unpaired) electrons. The van der Waals surface area contributed by atoms with Gasteiger partial charge >= 0.3 is 0 Å². The summed E-state index contributed by atoms with van der Waals surface area (Å²) in [5.41, 5.74) is 6.98. The first-order chi connectivity index (χ1) is 8.88. The Balaban J connectivity index is 2.76. The number of hydrogen-bond acceptors (Lipinski definition) is 4. The van der Waals surface area contributed by atoms with Crippen molar-refractivity contribution in [1.82, 2.24) is 9.19 Å². The van der Waals surface area contributed by atoms with Crippen LogP contribution >= 0.6 is 0 Å². The molecule has 0 saturated heterocycles. The number of aryl methyl sites for hydroxylation is 1. The smallest absolute Gasteiger partial charge is 0.275 e. The lowest BCUT2D eigenvalue weighted by molar-refractivity contribution is 0.582. The molecule has 1 aromatic carbocycles. The number of H-pyrrole nitrogens is 1. The van der Waals surface area contributed by atoms with E-state index in [0.29, 0.717) is 5.56 Å². The molecule has 0 aliphatic rings. The highest BCUT2D eigenvalue weighted by Gasteiger charge is 2.21. The molecule has 0 fully saturated rings. The van der Waals surface area contributed by atoms with Crippen molar-refractivity contribution in [2.75, 3.05) is 11.5 Å². The maximum Gasteiger partial charge on any atom is 0.275 e. The van der Waals surface area contributed by atoms with E-state index in [4.69, 9.17) is 5.73 Å². The van der Waals surface area contributed by atoms with Gasteiger partial charge in [-0.2, -0.15) is 4.09 Å². The SMILES string of the molecule is CCS(=O)(=O)n1[nH]c(=O)c(-c2ccccc2C)c1N. The minimum absolute atomic E-state index is 0.0823. The number of aromatic amines is 1. The van der Waals surface area contributed by atoms with Crippen molar-refractivity contribution in [3.8, 4) is 11.1 Å². The Morgan fingerprint density at radius 2 is 1.95 bits per heavy atom. The van der Waals surface area contributed by atoms with Gasteiger partial charge in [-0.25, -0.2) is 13.5 Å². The molecule has 2 rings (SSSR count). The number of hydrogen-bond donors (Lipinski definition) is 2. The third kappa shape index (κ3) is 2.17. The second kappa shape index (κ2) is 4.58. The van der Waals surface area contributed by atoms with Gasteiger partial charge in [0.25, 0.3) is 15.6 Å². The van der Waals surface area contributed by atoms with Crippen molar-refractivity contribution >= 4 is 15.8 Å². The number of anilines is 1. The fourth-order valence-corrected chi connectivity index (χ4v) is 2.76. The third-order valence-corrected chi connectivity index (χ3v) is 4.54. The summed E-state index contributed by atoms with van der Waals surface area (Å²) in [6, 6.07) is 7.18. The van der Waals surface area contributed by atoms with Crippen LogP contribution in [-0.2, 0) is 10.0 Å². The summed E-state index contributed by atoms with van der Waals surface area (Å²) in [6.07, 6.45) is 0. The molecule has 0 aliphatic heterocycles. The first kappa shape index (κ1) is 13.4. The number of nitrogens with two attached hydrogens (primary N) is 1. The van der Waals surface area contributed by atoms with Gasteiger partial charge in [0, 0.05) is 0 Å². The van der Waals surface area contributed by atoms with E-state index in [1.807, 2.05) is 19.1 Å². The van der Waals surface area contributed by atoms with Gasteiger partial charge in [-0.15, -0.1) is 0 Å². The molecular formula is C12H15N3O3S. The predicted molar refractivity (Wildman–Crippen MR) is 74.5 cm³/mol. The van der Waals surface area contributed by atoms with E-state index < -0.39 is 15.6 Å². The van der Waals surface area contributed by atoms with Crippen LogP contribution in [0, 0.1) is 6.92 Å². The van der Waals surface area contributed by atoms with Gasteiger partial charge in [-0.3, -0.25) is 4.79 Å². The number of benzene rings is 1. The van der Waals surface area contributed by atoms with Crippen molar-refractivity contribution in [2.45, 2.75) is 13.8 Å². The second-order valence-corrected chi connectivity index (χ2v) is 6.29. The molecule has 0 bridgehead atoms. The highest BCUT2D eigenvalue weighted by atomic mass is 32.2. The van der Waals surface area contributed by atoms with Gasteiger partial charge in [0.15, 0.2) is 0 Å². The predicted octanol–water partition coefficient (Wildman–Crippen LogP) is 0.932. The minimum atomic E-state index is -3.62. The average Bonchev–Trinajstić information content (AvgIpc) is 2.67. The Kier molecular flexibility index (Phi) is 3.23. The zero-order valence-corrected chi connectivity index (χ0v) is 11.5. The van der Waals surface area contributed by atoms with E-state index in [0.717, 1.165) is 9.65 Å². The number of nitrogens with zero attached hydrogens (tertiary/aromatic N) is 1. The van der Waals surface area contributed by atoms with E-state index in [2.05, 4.69) is 5.10 Å². The molecule has 0 atom stereocenters. The summed E-state index contributed by atoms with van der Waals surface area (Å²) >= 11 is 0. The van der Waals surface area contributed by atoms with Crippen LogP contribution in [0.2, 0.25) is 0 Å². The van der Waals surface area contributed by atoms with Crippen LogP contribution in [0.3, 0.4) is 0 Å². The average molecular weight is 281 g/mol. The van der Waals surface area contributed by atoms with Gasteiger partial charge in [-0.1, -0.05) is 24.3 Å². The lowest BCUT2D eigenvalue weighted by Gasteiger charge is -2.06. The number of rotatable bonds is 3. The molecule has 0 unspecified atom stereocenters. The molecule has 1 heterocycles. The van der Waals surface area contributed by atoms with Gasteiger partial charge in [-0.05, 0) is 25.0 Å². The van der Waals surface area contributed by atoms with E-state index in [1.54, 1.807) is 12.1 Å². The van der Waals surface area contributed by atoms with Crippen LogP contribution in [-0.4, -0.2) is 23.4 Å². The van der Waals surface area contributed by atoms with Crippen molar-refractivity contribution < 1.29 is 8.42 Å². The zero-order chi connectivity index (χ0) is 14.2. The van der Waals surface area contributed by atoms with Crippen molar-refractivity contribution in [2.24, 2.45) is 0 Å². The summed E-state index contributed by atoms with van der Waals surface area (Å²) in [5.74, 6) is -0.226. The Morgan fingerprint density at radius 1 is 1.32 bits per heavy atom. The molecule has 6 nitrogen and oxygen atoms in total. The number of nitrogens with one attached hydrogen (secondary N) is 1. The zero-order valence-electron chi connectivity index (χ0n) is 10.7. The summed E-state index contributed by atoms with van der Waals surface area (Å²) in [7, 11) is -3.62. The minimum Gasteiger partial charge on any atom is -0.382 e. The first-order valence-electron chi connectivity index (χ1n) is 5.78. The van der Waals surface area contributed by atoms with Crippen LogP contribution in [0.25, 0.3) is 11.1 Å². The van der Waals surface area contributed by atoms with Crippen molar-refractivity contribution in [3.63, 3.8) is 0 Å². The van der Waals surface area contributed by atoms with Crippen LogP contribution in [0.1, 0.15) is 12.5 Å². The van der Waals surface area contributed by atoms with Gasteiger partial charge < -0.3 is 5.73 Å². The molecule has 0 saturated carbocycles. The Hall–Kier alpha value is -2.02. The van der Waals surface area contributed by atoms with Crippen LogP contribution in [0.5, 0.6) is 0 Å². The molecule has 1 aromatic heterocycles. The summed E-state index contributed by atoms with van der Waals surface area (Å²) < 4.78 is 24.4. The molecular weight excluding hydrogens is 266 g/mol. The van der Waals surface area contributed by atoms with E-state index >= 15 is 0 Å². The number of nitrogen functional groups attached to an aromatic ring is 1. The Bertz CT molecular complexity index is 772. The summed E-state index contributed by atoms with van der Waals surface area (Å²) in [4.78, 5) is 12.0. The van der Waals surface area contributed by atoms with Crippen molar-refractivity contribution in [1.29, 1.82) is 0 Å². The third-order valence-electron chi connectivity index (χ3n) is 2.96. The summed E-state index contributed by atoms with van der Waals surface area (Å²) in [5, 5.41) is 2.28. The highest BCUT2D eigenvalue weighted by molar-refractivity contribution is 7.89. The van der Waals surface area contributed by atoms with Gasteiger partial charge in [0.2, 0.25) is 0 Å². The topological polar surface area (TPSA) is 98.0 Å². The summed E-state index contributed by atoms with van der Waals surface area (Å²) in [6.45, 7) is 3.32. The molecule has 2 aromatic rings. The molecule has 7 heteroatoms. The maximum absolute atomic E-state index is 12.0. The van der Waals surface area contributed by atoms with Crippen LogP contribution in [0.15, 0.2) is 29.1 Å². The standard InChI is InChI=1S/C12H15N3O3S/c1-3-19(17,18)15-11(13)10(12(16)14-15)9-7-5-4-6-8(9)2/h4-7H,3,13H2,1-2H3,(H,14,16). The lowest BCUT2D eigenvalue weighted by atomic mass is 10.0. The molecule has 0 amide bonds. The highest BCUT2D eigenvalue weighted by Crippen LogP contribution is 2.25. The molecule has 102 valence electrons. The molecule has 0 spiro atoms. The van der Waals surface area contributed by atoms with Gasteiger partial charge in [0.05, 0.1) is 11.3 Å². The van der Waals surface area contributed by atoms with Crippen LogP contribution in [0.4, 0.5) is 5.82 Å². The van der Waals surface area contributed by atoms with Crippen LogP contribution < -0.4 is 11.3 Å². The largest absolute Gasteiger partial charge is 0.382 e. The van der Waals surface area contributed by atoms with E-state index in [9.17, 15) is 13.2 Å². The maximum atomic E-state index is 12.0. The van der Waals surface area contributed by atoms with E-state index in [1.165, 1.54) is 6.92 Å². The lowest BCUT2D eigenvalue weighted by Crippen LogP contribution is -2.19. The van der Waals surface area contributed by atoms with Gasteiger partial charge in [0.1, 0.15) is 5.82 Å². The Morgan fingerprint density at radius 3 is 2.53 bits per heavy atom. The van der Waals surface area contributed by atoms with Crippen molar-refractivity contribution in [3.05, 3.63) is 40.2 Å². The van der Waals surface area contributed by atoms with E-state index in [-0.39, 0.29) is 17.1 Å². The Labute approximate surface area is 110 Å². The quantitative estimate of drug-likeness (QED) is 0.874. The second-order valence-electron chi connectivity index (χ2n) is 4.18. The first-order valence-corrected chi connectivity index (χ1v) is 7.39. The normalized spacial score (nSPS) is 11.7.